The molecule has 0 aromatic heterocycles. The van der Waals surface area contributed by atoms with Crippen molar-refractivity contribution >= 4 is 0 Å². The molecule has 2 heterocycles. The maximum atomic E-state index is 4.01. The topological polar surface area (TPSA) is 15.3 Å². The highest BCUT2D eigenvalue weighted by Gasteiger charge is 2.39. The Kier molecular flexibility index (Phi) is 3.44. The first-order chi connectivity index (χ1) is 8.53. The lowest BCUT2D eigenvalue weighted by molar-refractivity contribution is 0.124. The zero-order chi connectivity index (χ0) is 12.8. The fourth-order valence-corrected chi connectivity index (χ4v) is 4.72. The summed E-state index contributed by atoms with van der Waals surface area (Å²) in [6, 6.07) is 3.34. The average molecular weight is 250 g/mol. The van der Waals surface area contributed by atoms with Crippen LogP contribution in [0.3, 0.4) is 0 Å². The molecule has 2 aliphatic heterocycles. The minimum Gasteiger partial charge on any atom is -0.311 e. The molecule has 2 bridgehead atoms. The number of hydrogen-bond donors (Lipinski definition) is 1. The fourth-order valence-electron chi connectivity index (χ4n) is 4.72. The Morgan fingerprint density at radius 1 is 1.00 bits per heavy atom. The second kappa shape index (κ2) is 4.79. The molecule has 3 fully saturated rings. The number of nitrogens with one attached hydrogen (secondary N) is 1. The van der Waals surface area contributed by atoms with Crippen molar-refractivity contribution in [1.29, 1.82) is 0 Å². The van der Waals surface area contributed by atoms with Gasteiger partial charge < -0.3 is 10.2 Å². The van der Waals surface area contributed by atoms with E-state index in [0.717, 1.165) is 24.2 Å². The Labute approximate surface area is 113 Å². The summed E-state index contributed by atoms with van der Waals surface area (Å²) in [6.07, 6.45) is 11.3. The van der Waals surface area contributed by atoms with Crippen LogP contribution in [0, 0.1) is 5.41 Å². The monoisotopic (exact) mass is 250 g/mol. The van der Waals surface area contributed by atoms with Gasteiger partial charge in [0.2, 0.25) is 0 Å². The van der Waals surface area contributed by atoms with Crippen molar-refractivity contribution in [3.05, 3.63) is 0 Å². The van der Waals surface area contributed by atoms with Crippen LogP contribution in [0.4, 0.5) is 0 Å². The largest absolute Gasteiger partial charge is 0.311 e. The third-order valence-corrected chi connectivity index (χ3v) is 5.77. The molecule has 18 heavy (non-hydrogen) atoms. The lowest BCUT2D eigenvalue weighted by atomic mass is 9.75. The van der Waals surface area contributed by atoms with Crippen molar-refractivity contribution in [3.8, 4) is 0 Å². The van der Waals surface area contributed by atoms with E-state index in [1.165, 1.54) is 51.4 Å². The Morgan fingerprint density at radius 3 is 2.28 bits per heavy atom. The van der Waals surface area contributed by atoms with Crippen LogP contribution in [-0.2, 0) is 0 Å². The molecule has 0 spiro atoms. The maximum Gasteiger partial charge on any atom is 0.0111 e. The van der Waals surface area contributed by atoms with Crippen LogP contribution in [-0.4, -0.2) is 36.1 Å². The molecule has 104 valence electrons. The number of nitrogens with zero attached hydrogens (tertiary/aromatic N) is 1. The van der Waals surface area contributed by atoms with Crippen LogP contribution in [0.5, 0.6) is 0 Å². The molecule has 0 aromatic rings. The van der Waals surface area contributed by atoms with E-state index in [1.807, 2.05) is 0 Å². The molecule has 3 atom stereocenters. The molecule has 0 radical (unpaired) electrons. The Balaban J connectivity index is 1.54. The van der Waals surface area contributed by atoms with Crippen molar-refractivity contribution in [2.24, 2.45) is 5.41 Å². The average Bonchev–Trinajstić information content (AvgIpc) is 2.51. The number of hydrogen-bond acceptors (Lipinski definition) is 2. The quantitative estimate of drug-likeness (QED) is 0.810. The van der Waals surface area contributed by atoms with Crippen LogP contribution >= 0.6 is 0 Å². The highest BCUT2D eigenvalue weighted by Crippen LogP contribution is 2.38. The second-order valence-corrected chi connectivity index (χ2v) is 7.84. The molecule has 0 amide bonds. The van der Waals surface area contributed by atoms with Gasteiger partial charge in [-0.1, -0.05) is 20.3 Å². The van der Waals surface area contributed by atoms with Crippen molar-refractivity contribution in [2.45, 2.75) is 89.4 Å². The van der Waals surface area contributed by atoms with Gasteiger partial charge in [0.25, 0.3) is 0 Å². The molecule has 1 saturated carbocycles. The standard InChI is InChI=1S/C16H30N2/c1-16(2)8-4-5-12(11-16)17-13-9-14-6-7-15(10-13)18(14)3/h12-15,17H,4-11H2,1-3H3. The van der Waals surface area contributed by atoms with Gasteiger partial charge in [0.1, 0.15) is 0 Å². The molecular formula is C16H30N2. The molecule has 3 rings (SSSR count). The smallest absolute Gasteiger partial charge is 0.0111 e. The predicted molar refractivity (Wildman–Crippen MR) is 76.8 cm³/mol. The minimum atomic E-state index is 0.570. The molecular weight excluding hydrogens is 220 g/mol. The van der Waals surface area contributed by atoms with Gasteiger partial charge in [0, 0.05) is 24.2 Å². The summed E-state index contributed by atoms with van der Waals surface area (Å²) < 4.78 is 0. The van der Waals surface area contributed by atoms with E-state index in [1.54, 1.807) is 0 Å². The first-order valence-corrected chi connectivity index (χ1v) is 8.01. The van der Waals surface area contributed by atoms with E-state index in [-0.39, 0.29) is 0 Å². The number of fused-ring (bicyclic) bond motifs is 2. The van der Waals surface area contributed by atoms with Gasteiger partial charge in [-0.2, -0.15) is 0 Å². The van der Waals surface area contributed by atoms with Crippen LogP contribution < -0.4 is 5.32 Å². The lowest BCUT2D eigenvalue weighted by Crippen LogP contribution is -2.51. The van der Waals surface area contributed by atoms with Gasteiger partial charge in [-0.3, -0.25) is 0 Å². The predicted octanol–water partition coefficient (Wildman–Crippen LogP) is 3.17. The highest BCUT2D eigenvalue weighted by molar-refractivity contribution is 4.97. The first kappa shape index (κ1) is 12.9. The normalized spacial score (nSPS) is 44.2. The van der Waals surface area contributed by atoms with E-state index < -0.39 is 0 Å². The van der Waals surface area contributed by atoms with Gasteiger partial charge in [0.05, 0.1) is 0 Å². The maximum absolute atomic E-state index is 4.01. The Hall–Kier alpha value is -0.0800. The summed E-state index contributed by atoms with van der Waals surface area (Å²) in [6.45, 7) is 4.89. The summed E-state index contributed by atoms with van der Waals surface area (Å²) >= 11 is 0. The van der Waals surface area contributed by atoms with Crippen LogP contribution in [0.1, 0.15) is 65.2 Å². The molecule has 3 aliphatic rings. The summed E-state index contributed by atoms with van der Waals surface area (Å²) in [5, 5.41) is 4.01. The van der Waals surface area contributed by atoms with Crippen molar-refractivity contribution in [3.63, 3.8) is 0 Å². The van der Waals surface area contributed by atoms with E-state index in [2.05, 4.69) is 31.1 Å². The first-order valence-electron chi connectivity index (χ1n) is 8.01. The third kappa shape index (κ3) is 2.60. The molecule has 2 nitrogen and oxygen atoms in total. The van der Waals surface area contributed by atoms with E-state index in [9.17, 15) is 0 Å². The van der Waals surface area contributed by atoms with Crippen LogP contribution in [0.15, 0.2) is 0 Å². The van der Waals surface area contributed by atoms with E-state index in [4.69, 9.17) is 0 Å². The lowest BCUT2D eigenvalue weighted by Gasteiger charge is -2.41. The molecule has 0 aromatic carbocycles. The molecule has 2 saturated heterocycles. The van der Waals surface area contributed by atoms with E-state index >= 15 is 0 Å². The minimum absolute atomic E-state index is 0.570. The van der Waals surface area contributed by atoms with Gasteiger partial charge in [-0.25, -0.2) is 0 Å². The Morgan fingerprint density at radius 2 is 1.67 bits per heavy atom. The van der Waals surface area contributed by atoms with Crippen molar-refractivity contribution in [1.82, 2.24) is 10.2 Å². The number of piperidine rings is 1. The number of rotatable bonds is 2. The van der Waals surface area contributed by atoms with Gasteiger partial charge in [0.15, 0.2) is 0 Å². The molecule has 1 aliphatic carbocycles. The zero-order valence-electron chi connectivity index (χ0n) is 12.4. The van der Waals surface area contributed by atoms with Gasteiger partial charge in [-0.05, 0) is 57.4 Å². The molecule has 2 heteroatoms. The third-order valence-electron chi connectivity index (χ3n) is 5.77. The highest BCUT2D eigenvalue weighted by atomic mass is 15.2. The zero-order valence-corrected chi connectivity index (χ0v) is 12.4. The van der Waals surface area contributed by atoms with Crippen molar-refractivity contribution in [2.75, 3.05) is 7.05 Å². The SMILES string of the molecule is CN1C2CCC1CC(NC1CCCC(C)(C)C1)C2. The Bertz CT molecular complexity index is 285. The second-order valence-electron chi connectivity index (χ2n) is 7.84. The summed E-state index contributed by atoms with van der Waals surface area (Å²) in [4.78, 5) is 2.64. The molecule has 3 unspecified atom stereocenters. The van der Waals surface area contributed by atoms with Crippen molar-refractivity contribution < 1.29 is 0 Å². The molecule has 1 N–H and O–H groups in total. The van der Waals surface area contributed by atoms with Crippen LogP contribution in [0.2, 0.25) is 0 Å². The van der Waals surface area contributed by atoms with Crippen LogP contribution in [0.25, 0.3) is 0 Å². The summed E-state index contributed by atoms with van der Waals surface area (Å²) in [5.74, 6) is 0. The fraction of sp³-hybridized carbons (Fsp3) is 1.00. The van der Waals surface area contributed by atoms with E-state index in [0.29, 0.717) is 5.41 Å². The summed E-state index contributed by atoms with van der Waals surface area (Å²) in [5.41, 5.74) is 0.570. The summed E-state index contributed by atoms with van der Waals surface area (Å²) in [7, 11) is 2.34. The van der Waals surface area contributed by atoms with Gasteiger partial charge in [-0.15, -0.1) is 0 Å². The van der Waals surface area contributed by atoms with Gasteiger partial charge >= 0.3 is 0 Å².